The number of fused-ring (bicyclic) bond motifs is 1. The van der Waals surface area contributed by atoms with Crippen LogP contribution in [-0.4, -0.2) is 16.7 Å². The zero-order chi connectivity index (χ0) is 14.9. The van der Waals surface area contributed by atoms with Gasteiger partial charge in [0, 0.05) is 6.04 Å². The third-order valence-electron chi connectivity index (χ3n) is 4.16. The minimum absolute atomic E-state index is 0.126. The predicted molar refractivity (Wildman–Crippen MR) is 84.7 cm³/mol. The van der Waals surface area contributed by atoms with Gasteiger partial charge in [0.1, 0.15) is 17.1 Å². The van der Waals surface area contributed by atoms with Gasteiger partial charge < -0.3 is 9.30 Å². The molecular weight excluding hydrogens is 272 g/mol. The van der Waals surface area contributed by atoms with E-state index in [1.165, 1.54) is 0 Å². The van der Waals surface area contributed by atoms with Gasteiger partial charge in [-0.3, -0.25) is 0 Å². The van der Waals surface area contributed by atoms with Gasteiger partial charge in [-0.15, -0.1) is 11.6 Å². The molecule has 0 spiro atoms. The van der Waals surface area contributed by atoms with Crippen LogP contribution in [0.4, 0.5) is 0 Å². The van der Waals surface area contributed by atoms with Crippen molar-refractivity contribution in [2.45, 2.75) is 45.5 Å². The lowest BCUT2D eigenvalue weighted by molar-refractivity contribution is 0.368. The number of nitrogens with zero attached hydrogens (tertiary/aromatic N) is 2. The maximum absolute atomic E-state index is 6.34. The highest BCUT2D eigenvalue weighted by Crippen LogP contribution is 2.35. The molecule has 3 nitrogen and oxygen atoms in total. The Bertz CT molecular complexity index is 591. The summed E-state index contributed by atoms with van der Waals surface area (Å²) < 4.78 is 7.69. The van der Waals surface area contributed by atoms with Crippen molar-refractivity contribution in [1.29, 1.82) is 0 Å². The topological polar surface area (TPSA) is 27.1 Å². The number of ether oxygens (including phenoxy) is 1. The summed E-state index contributed by atoms with van der Waals surface area (Å²) in [4.78, 5) is 4.73. The minimum Gasteiger partial charge on any atom is -0.494 e. The van der Waals surface area contributed by atoms with Crippen molar-refractivity contribution < 1.29 is 4.74 Å². The number of hydrogen-bond donors (Lipinski definition) is 0. The number of hydrogen-bond acceptors (Lipinski definition) is 2. The first-order valence-corrected chi connectivity index (χ1v) is 7.63. The van der Waals surface area contributed by atoms with Gasteiger partial charge in [-0.05, 0) is 31.9 Å². The van der Waals surface area contributed by atoms with Gasteiger partial charge in [-0.1, -0.05) is 26.3 Å². The van der Waals surface area contributed by atoms with E-state index in [4.69, 9.17) is 21.3 Å². The maximum atomic E-state index is 6.34. The van der Waals surface area contributed by atoms with E-state index in [2.05, 4.69) is 31.4 Å². The molecule has 3 atom stereocenters. The fourth-order valence-electron chi connectivity index (χ4n) is 2.58. The van der Waals surface area contributed by atoms with E-state index >= 15 is 0 Å². The van der Waals surface area contributed by atoms with Crippen molar-refractivity contribution in [1.82, 2.24) is 9.55 Å². The van der Waals surface area contributed by atoms with E-state index in [-0.39, 0.29) is 5.38 Å². The number of imidazole rings is 1. The van der Waals surface area contributed by atoms with Gasteiger partial charge >= 0.3 is 0 Å². The maximum Gasteiger partial charge on any atom is 0.146 e. The largest absolute Gasteiger partial charge is 0.494 e. The van der Waals surface area contributed by atoms with Crippen LogP contribution in [0.5, 0.6) is 5.75 Å². The first-order chi connectivity index (χ1) is 9.51. The predicted octanol–water partition coefficient (Wildman–Crippen LogP) is 4.95. The van der Waals surface area contributed by atoms with Crippen LogP contribution in [0, 0.1) is 5.92 Å². The fraction of sp³-hybridized carbons (Fsp3) is 0.562. The van der Waals surface area contributed by atoms with Crippen LogP contribution in [0.2, 0.25) is 0 Å². The molecule has 0 saturated carbocycles. The van der Waals surface area contributed by atoms with Gasteiger partial charge in [0.15, 0.2) is 0 Å². The summed E-state index contributed by atoms with van der Waals surface area (Å²) in [6, 6.07) is 6.39. The van der Waals surface area contributed by atoms with Crippen LogP contribution >= 0.6 is 11.6 Å². The van der Waals surface area contributed by atoms with Crippen molar-refractivity contribution in [3.05, 3.63) is 24.0 Å². The van der Waals surface area contributed by atoms with Gasteiger partial charge in [0.2, 0.25) is 0 Å². The molecule has 1 aromatic carbocycles. The Morgan fingerprint density at radius 1 is 1.30 bits per heavy atom. The molecule has 0 fully saturated rings. The highest BCUT2D eigenvalue weighted by Gasteiger charge is 2.23. The molecule has 4 heteroatoms. The summed E-state index contributed by atoms with van der Waals surface area (Å²) in [6.07, 6.45) is 1.13. The second-order valence-corrected chi connectivity index (χ2v) is 6.06. The minimum atomic E-state index is -0.126. The first kappa shape index (κ1) is 15.2. The molecule has 1 aromatic heterocycles. The first-order valence-electron chi connectivity index (χ1n) is 7.20. The Labute approximate surface area is 125 Å². The number of para-hydroxylation sites is 1. The number of benzene rings is 1. The molecule has 20 heavy (non-hydrogen) atoms. The molecule has 0 amide bonds. The monoisotopic (exact) mass is 294 g/mol. The smallest absolute Gasteiger partial charge is 0.146 e. The van der Waals surface area contributed by atoms with Crippen LogP contribution < -0.4 is 4.74 Å². The fourth-order valence-corrected chi connectivity index (χ4v) is 2.73. The van der Waals surface area contributed by atoms with E-state index in [9.17, 15) is 0 Å². The Balaban J connectivity index is 2.69. The summed E-state index contributed by atoms with van der Waals surface area (Å²) in [6.45, 7) is 8.68. The lowest BCUT2D eigenvalue weighted by atomic mass is 10.0. The molecule has 0 saturated heterocycles. The zero-order valence-corrected chi connectivity index (χ0v) is 13.6. The third-order valence-corrected chi connectivity index (χ3v) is 4.36. The van der Waals surface area contributed by atoms with Crippen LogP contribution in [0.15, 0.2) is 18.2 Å². The van der Waals surface area contributed by atoms with Gasteiger partial charge in [0.25, 0.3) is 0 Å². The van der Waals surface area contributed by atoms with E-state index in [0.717, 1.165) is 29.0 Å². The number of aromatic nitrogens is 2. The van der Waals surface area contributed by atoms with Crippen molar-refractivity contribution in [3.8, 4) is 5.75 Å². The number of halogens is 1. The van der Waals surface area contributed by atoms with Crippen LogP contribution in [0.3, 0.4) is 0 Å². The molecule has 3 unspecified atom stereocenters. The molecule has 1 heterocycles. The highest BCUT2D eigenvalue weighted by atomic mass is 35.5. The molecule has 0 aliphatic heterocycles. The van der Waals surface area contributed by atoms with Crippen molar-refractivity contribution in [3.63, 3.8) is 0 Å². The second kappa shape index (κ2) is 6.04. The van der Waals surface area contributed by atoms with Crippen molar-refractivity contribution >= 4 is 22.6 Å². The molecule has 0 aliphatic rings. The summed E-state index contributed by atoms with van der Waals surface area (Å²) in [5.74, 6) is 2.28. The van der Waals surface area contributed by atoms with Gasteiger partial charge in [-0.2, -0.15) is 0 Å². The summed E-state index contributed by atoms with van der Waals surface area (Å²) >= 11 is 6.34. The number of alkyl halides is 1. The summed E-state index contributed by atoms with van der Waals surface area (Å²) in [5, 5.41) is -0.126. The average molecular weight is 295 g/mol. The normalized spacial score (nSPS) is 16.1. The van der Waals surface area contributed by atoms with Gasteiger partial charge in [-0.25, -0.2) is 4.98 Å². The Hall–Kier alpha value is -1.22. The summed E-state index contributed by atoms with van der Waals surface area (Å²) in [7, 11) is 1.68. The zero-order valence-electron chi connectivity index (χ0n) is 12.9. The standard InChI is InChI=1S/C16H23ClN2O/c1-6-10(2)12(4)19-13-8-7-9-14(20-5)15(13)18-16(19)11(3)17/h7-12H,6H2,1-5H3. The SMILES string of the molecule is CCC(C)C(C)n1c(C(C)Cl)nc2c(OC)cccc21. The average Bonchev–Trinajstić information content (AvgIpc) is 2.84. The number of methoxy groups -OCH3 is 1. The van der Waals surface area contributed by atoms with E-state index < -0.39 is 0 Å². The number of rotatable bonds is 5. The molecular formula is C16H23ClN2O. The van der Waals surface area contributed by atoms with Crippen molar-refractivity contribution in [2.75, 3.05) is 7.11 Å². The van der Waals surface area contributed by atoms with Gasteiger partial charge in [0.05, 0.1) is 18.0 Å². The lowest BCUT2D eigenvalue weighted by Crippen LogP contribution is -2.16. The van der Waals surface area contributed by atoms with E-state index in [0.29, 0.717) is 12.0 Å². The van der Waals surface area contributed by atoms with E-state index in [1.54, 1.807) is 7.11 Å². The Morgan fingerprint density at radius 2 is 2.00 bits per heavy atom. The Morgan fingerprint density at radius 3 is 2.55 bits per heavy atom. The van der Waals surface area contributed by atoms with Crippen LogP contribution in [-0.2, 0) is 0 Å². The molecule has 2 aromatic rings. The molecule has 2 rings (SSSR count). The Kier molecular flexibility index (Phi) is 4.59. The van der Waals surface area contributed by atoms with E-state index in [1.807, 2.05) is 19.1 Å². The second-order valence-electron chi connectivity index (χ2n) is 5.41. The van der Waals surface area contributed by atoms with Crippen LogP contribution in [0.25, 0.3) is 11.0 Å². The van der Waals surface area contributed by atoms with Crippen molar-refractivity contribution in [2.24, 2.45) is 5.92 Å². The molecule has 0 N–H and O–H groups in total. The third kappa shape index (κ3) is 2.51. The van der Waals surface area contributed by atoms with Crippen LogP contribution in [0.1, 0.15) is 51.4 Å². The molecule has 0 radical (unpaired) electrons. The summed E-state index contributed by atoms with van der Waals surface area (Å²) in [5.41, 5.74) is 1.99. The molecule has 110 valence electrons. The molecule has 0 bridgehead atoms. The molecule has 0 aliphatic carbocycles. The highest BCUT2D eigenvalue weighted by molar-refractivity contribution is 6.20. The lowest BCUT2D eigenvalue weighted by Gasteiger charge is -2.23. The quantitative estimate of drug-likeness (QED) is 0.729.